The quantitative estimate of drug-likeness (QED) is 0.653. The van der Waals surface area contributed by atoms with Gasteiger partial charge in [-0.05, 0) is 19.3 Å². The maximum absolute atomic E-state index is 11.6. The molecular formula is C12H25N3O2. The van der Waals surface area contributed by atoms with Gasteiger partial charge in [0, 0.05) is 19.0 Å². The Balaban J connectivity index is 3.90. The van der Waals surface area contributed by atoms with Crippen LogP contribution in [0.15, 0.2) is 0 Å². The van der Waals surface area contributed by atoms with E-state index in [9.17, 15) is 9.59 Å². The second kappa shape index (κ2) is 6.59. The van der Waals surface area contributed by atoms with Crippen molar-refractivity contribution in [1.29, 1.82) is 0 Å². The minimum atomic E-state index is -0.560. The van der Waals surface area contributed by atoms with E-state index in [-0.39, 0.29) is 29.7 Å². The van der Waals surface area contributed by atoms with Gasteiger partial charge in [-0.15, -0.1) is 0 Å². The normalized spacial score (nSPS) is 13.4. The fraction of sp³-hybridized carbons (Fsp3) is 0.833. The molecule has 17 heavy (non-hydrogen) atoms. The Morgan fingerprint density at radius 3 is 2.18 bits per heavy atom. The van der Waals surface area contributed by atoms with E-state index in [0.717, 1.165) is 0 Å². The molecule has 0 bridgehead atoms. The van der Waals surface area contributed by atoms with Crippen molar-refractivity contribution in [2.45, 2.75) is 53.1 Å². The van der Waals surface area contributed by atoms with E-state index >= 15 is 0 Å². The van der Waals surface area contributed by atoms with Gasteiger partial charge in [0.2, 0.25) is 11.8 Å². The van der Waals surface area contributed by atoms with Crippen LogP contribution in [0.4, 0.5) is 0 Å². The van der Waals surface area contributed by atoms with Crippen molar-refractivity contribution in [3.8, 4) is 0 Å². The largest absolute Gasteiger partial charge is 0.354 e. The van der Waals surface area contributed by atoms with Gasteiger partial charge in [0.15, 0.2) is 0 Å². The number of hydrogen-bond acceptors (Lipinski definition) is 3. The summed E-state index contributed by atoms with van der Waals surface area (Å²) in [5.41, 5.74) is 5.51. The molecule has 0 unspecified atom stereocenters. The van der Waals surface area contributed by atoms with Crippen LogP contribution in [0.5, 0.6) is 0 Å². The average molecular weight is 243 g/mol. The van der Waals surface area contributed by atoms with Gasteiger partial charge in [0.25, 0.3) is 0 Å². The van der Waals surface area contributed by atoms with Crippen LogP contribution >= 0.6 is 0 Å². The number of nitrogens with two attached hydrogens (primary N) is 1. The minimum Gasteiger partial charge on any atom is -0.354 e. The summed E-state index contributed by atoms with van der Waals surface area (Å²) in [5, 5.41) is 5.42. The number of carbonyl (C=O) groups is 2. The van der Waals surface area contributed by atoms with Crippen molar-refractivity contribution in [2.24, 2.45) is 11.1 Å². The summed E-state index contributed by atoms with van der Waals surface area (Å²) in [7, 11) is 0. The Bertz CT molecular complexity index is 269. The van der Waals surface area contributed by atoms with Gasteiger partial charge in [0.1, 0.15) is 0 Å². The van der Waals surface area contributed by atoms with Crippen LogP contribution in [0.25, 0.3) is 0 Å². The molecule has 0 aliphatic carbocycles. The van der Waals surface area contributed by atoms with Crippen LogP contribution in [0.1, 0.15) is 41.0 Å². The van der Waals surface area contributed by atoms with Crippen molar-refractivity contribution >= 4 is 11.8 Å². The van der Waals surface area contributed by atoms with E-state index in [1.807, 2.05) is 34.6 Å². The lowest BCUT2D eigenvalue weighted by molar-refractivity contribution is -0.124. The molecule has 0 aromatic carbocycles. The zero-order valence-corrected chi connectivity index (χ0v) is 11.5. The first kappa shape index (κ1) is 15.9. The average Bonchev–Trinajstić information content (AvgIpc) is 2.13. The van der Waals surface area contributed by atoms with E-state index in [4.69, 9.17) is 5.73 Å². The smallest absolute Gasteiger partial charge is 0.237 e. The van der Waals surface area contributed by atoms with Crippen LogP contribution in [-0.4, -0.2) is 30.4 Å². The highest BCUT2D eigenvalue weighted by molar-refractivity contribution is 5.83. The molecule has 0 aromatic rings. The summed E-state index contributed by atoms with van der Waals surface area (Å²) in [5.74, 6) is -0.278. The molecule has 2 amide bonds. The Morgan fingerprint density at radius 2 is 1.76 bits per heavy atom. The predicted molar refractivity (Wildman–Crippen MR) is 68.3 cm³/mol. The van der Waals surface area contributed by atoms with Gasteiger partial charge in [0.05, 0.1) is 6.04 Å². The van der Waals surface area contributed by atoms with Crippen molar-refractivity contribution < 1.29 is 9.59 Å². The SMILES string of the molecule is CC(C)NC(=O)CCNC(=O)[C@H](N)C(C)(C)C. The summed E-state index contributed by atoms with van der Waals surface area (Å²) in [6.07, 6.45) is 0.279. The van der Waals surface area contributed by atoms with E-state index in [1.165, 1.54) is 0 Å². The number of hydrogen-bond donors (Lipinski definition) is 3. The van der Waals surface area contributed by atoms with Crippen molar-refractivity contribution in [3.63, 3.8) is 0 Å². The minimum absolute atomic E-state index is 0.0652. The summed E-state index contributed by atoms with van der Waals surface area (Å²) in [6.45, 7) is 9.83. The van der Waals surface area contributed by atoms with E-state index in [2.05, 4.69) is 10.6 Å². The second-order valence-electron chi connectivity index (χ2n) is 5.61. The molecule has 0 rings (SSSR count). The van der Waals surface area contributed by atoms with Crippen LogP contribution in [0, 0.1) is 5.41 Å². The van der Waals surface area contributed by atoms with Gasteiger partial charge >= 0.3 is 0 Å². The number of rotatable bonds is 5. The zero-order chi connectivity index (χ0) is 13.6. The first-order valence-electron chi connectivity index (χ1n) is 5.97. The lowest BCUT2D eigenvalue weighted by Gasteiger charge is -2.25. The molecule has 4 N–H and O–H groups in total. The van der Waals surface area contributed by atoms with Crippen molar-refractivity contribution in [1.82, 2.24) is 10.6 Å². The summed E-state index contributed by atoms with van der Waals surface area (Å²) >= 11 is 0. The molecule has 0 radical (unpaired) electrons. The number of amides is 2. The Morgan fingerprint density at radius 1 is 1.24 bits per heavy atom. The Kier molecular flexibility index (Phi) is 6.16. The van der Waals surface area contributed by atoms with Crippen molar-refractivity contribution in [3.05, 3.63) is 0 Å². The van der Waals surface area contributed by atoms with Gasteiger partial charge < -0.3 is 16.4 Å². The van der Waals surface area contributed by atoms with Gasteiger partial charge in [-0.1, -0.05) is 20.8 Å². The van der Waals surface area contributed by atoms with Crippen LogP contribution in [0.3, 0.4) is 0 Å². The summed E-state index contributed by atoms with van der Waals surface area (Å²) in [6, 6.07) is -0.439. The van der Waals surface area contributed by atoms with Crippen LogP contribution in [0.2, 0.25) is 0 Å². The number of carbonyl (C=O) groups excluding carboxylic acids is 2. The molecule has 5 heteroatoms. The lowest BCUT2D eigenvalue weighted by Crippen LogP contribution is -2.49. The molecule has 100 valence electrons. The van der Waals surface area contributed by atoms with Gasteiger partial charge in [-0.2, -0.15) is 0 Å². The first-order chi connectivity index (χ1) is 7.64. The Hall–Kier alpha value is -1.10. The zero-order valence-electron chi connectivity index (χ0n) is 11.5. The fourth-order valence-electron chi connectivity index (χ4n) is 1.20. The highest BCUT2D eigenvalue weighted by Crippen LogP contribution is 2.16. The standard InChI is InChI=1S/C12H25N3O2/c1-8(2)15-9(16)6-7-14-11(17)10(13)12(3,4)5/h8,10H,6-7,13H2,1-5H3,(H,14,17)(H,15,16)/t10-/m0/s1. The first-order valence-corrected chi connectivity index (χ1v) is 5.97. The highest BCUT2D eigenvalue weighted by Gasteiger charge is 2.27. The summed E-state index contributed by atoms with van der Waals surface area (Å²) < 4.78 is 0. The molecule has 0 heterocycles. The number of nitrogens with one attached hydrogen (secondary N) is 2. The van der Waals surface area contributed by atoms with E-state index in [0.29, 0.717) is 6.54 Å². The molecule has 0 spiro atoms. The lowest BCUT2D eigenvalue weighted by atomic mass is 9.87. The third-order valence-electron chi connectivity index (χ3n) is 2.32. The predicted octanol–water partition coefficient (Wildman–Crippen LogP) is 0.391. The topological polar surface area (TPSA) is 84.2 Å². The van der Waals surface area contributed by atoms with Gasteiger partial charge in [-0.25, -0.2) is 0 Å². The summed E-state index contributed by atoms with van der Waals surface area (Å²) in [4.78, 5) is 22.9. The van der Waals surface area contributed by atoms with Crippen molar-refractivity contribution in [2.75, 3.05) is 6.54 Å². The third-order valence-corrected chi connectivity index (χ3v) is 2.32. The van der Waals surface area contributed by atoms with E-state index in [1.54, 1.807) is 0 Å². The third kappa shape index (κ3) is 6.94. The maximum Gasteiger partial charge on any atom is 0.237 e. The van der Waals surface area contributed by atoms with Crippen LogP contribution < -0.4 is 16.4 Å². The monoisotopic (exact) mass is 243 g/mol. The second-order valence-corrected chi connectivity index (χ2v) is 5.61. The fourth-order valence-corrected chi connectivity index (χ4v) is 1.20. The molecule has 0 aromatic heterocycles. The molecule has 0 saturated heterocycles. The molecular weight excluding hydrogens is 218 g/mol. The molecule has 0 fully saturated rings. The molecule has 1 atom stereocenters. The maximum atomic E-state index is 11.6. The van der Waals surface area contributed by atoms with E-state index < -0.39 is 6.04 Å². The van der Waals surface area contributed by atoms with Gasteiger partial charge in [-0.3, -0.25) is 9.59 Å². The highest BCUT2D eigenvalue weighted by atomic mass is 16.2. The van der Waals surface area contributed by atoms with Crippen LogP contribution in [-0.2, 0) is 9.59 Å². The molecule has 0 aliphatic heterocycles. The molecule has 0 saturated carbocycles. The molecule has 5 nitrogen and oxygen atoms in total. The molecule has 0 aliphatic rings. The Labute approximate surface area is 104 Å².